The number of amides is 1. The van der Waals surface area contributed by atoms with E-state index in [1.165, 1.54) is 0 Å². The van der Waals surface area contributed by atoms with Gasteiger partial charge >= 0.3 is 0 Å². The lowest BCUT2D eigenvalue weighted by Crippen LogP contribution is -2.35. The first-order valence-corrected chi connectivity index (χ1v) is 5.42. The summed E-state index contributed by atoms with van der Waals surface area (Å²) in [7, 11) is 0. The Labute approximate surface area is 95.7 Å². The van der Waals surface area contributed by atoms with Gasteiger partial charge in [-0.25, -0.2) is 0 Å². The summed E-state index contributed by atoms with van der Waals surface area (Å²) in [6, 6.07) is 3.73. The summed E-state index contributed by atoms with van der Waals surface area (Å²) in [6.07, 6.45) is 3.40. The van der Waals surface area contributed by atoms with Crippen molar-refractivity contribution in [3.05, 3.63) is 30.1 Å². The van der Waals surface area contributed by atoms with Crippen LogP contribution in [0, 0.1) is 11.8 Å². The summed E-state index contributed by atoms with van der Waals surface area (Å²) < 4.78 is 0. The summed E-state index contributed by atoms with van der Waals surface area (Å²) >= 11 is 0. The Morgan fingerprint density at radius 3 is 2.81 bits per heavy atom. The molecule has 0 spiro atoms. The smallest absolute Gasteiger partial charge is 0.225 e. The maximum atomic E-state index is 11.7. The number of hydrogen-bond acceptors (Lipinski definition) is 3. The summed E-state index contributed by atoms with van der Waals surface area (Å²) in [5.41, 5.74) is 0.955. The van der Waals surface area contributed by atoms with Crippen molar-refractivity contribution in [2.75, 3.05) is 6.61 Å². The first-order chi connectivity index (χ1) is 7.65. The molecular formula is C12H18N2O2. The minimum absolute atomic E-state index is 0.110. The van der Waals surface area contributed by atoms with Crippen molar-refractivity contribution >= 4 is 5.91 Å². The molecule has 0 aliphatic rings. The van der Waals surface area contributed by atoms with Gasteiger partial charge in [0.05, 0.1) is 12.5 Å². The number of carbonyl (C=O) groups is 1. The Balaban J connectivity index is 2.46. The zero-order valence-electron chi connectivity index (χ0n) is 9.68. The molecule has 1 aromatic heterocycles. The molecule has 1 aromatic rings. The maximum Gasteiger partial charge on any atom is 0.225 e. The highest BCUT2D eigenvalue weighted by molar-refractivity contribution is 5.78. The van der Waals surface area contributed by atoms with E-state index in [-0.39, 0.29) is 24.3 Å². The van der Waals surface area contributed by atoms with Crippen molar-refractivity contribution in [3.8, 4) is 0 Å². The highest BCUT2D eigenvalue weighted by Crippen LogP contribution is 2.10. The van der Waals surface area contributed by atoms with Gasteiger partial charge in [-0.3, -0.25) is 9.78 Å². The fraction of sp³-hybridized carbons (Fsp3) is 0.500. The lowest BCUT2D eigenvalue weighted by Gasteiger charge is -2.17. The second kappa shape index (κ2) is 6.23. The van der Waals surface area contributed by atoms with Crippen molar-refractivity contribution < 1.29 is 9.90 Å². The lowest BCUT2D eigenvalue weighted by atomic mass is 9.96. The van der Waals surface area contributed by atoms with E-state index in [0.717, 1.165) is 5.56 Å². The third-order valence-corrected chi connectivity index (χ3v) is 2.53. The SMILES string of the molecule is CC(C)C(CO)C(=O)NCc1cccnc1. The number of hydrogen-bond donors (Lipinski definition) is 2. The van der Waals surface area contributed by atoms with Crippen molar-refractivity contribution in [1.29, 1.82) is 0 Å². The largest absolute Gasteiger partial charge is 0.396 e. The normalized spacial score (nSPS) is 12.5. The fourth-order valence-electron chi connectivity index (χ4n) is 1.42. The average Bonchev–Trinajstić information content (AvgIpc) is 2.28. The zero-order chi connectivity index (χ0) is 12.0. The standard InChI is InChI=1S/C12H18N2O2/c1-9(2)11(8-15)12(16)14-7-10-4-3-5-13-6-10/h3-6,9,11,15H,7-8H2,1-2H3,(H,14,16). The number of rotatable bonds is 5. The van der Waals surface area contributed by atoms with Crippen LogP contribution in [0.3, 0.4) is 0 Å². The van der Waals surface area contributed by atoms with Gasteiger partial charge in [-0.1, -0.05) is 19.9 Å². The molecule has 1 amide bonds. The van der Waals surface area contributed by atoms with Gasteiger partial charge in [0.25, 0.3) is 0 Å². The summed E-state index contributed by atoms with van der Waals surface area (Å²) in [6.45, 7) is 4.18. The summed E-state index contributed by atoms with van der Waals surface area (Å²) in [5, 5.41) is 11.9. The average molecular weight is 222 g/mol. The molecule has 1 heterocycles. The number of aliphatic hydroxyl groups excluding tert-OH is 1. The van der Waals surface area contributed by atoms with Crippen LogP contribution in [0.5, 0.6) is 0 Å². The van der Waals surface area contributed by atoms with E-state index in [1.807, 2.05) is 26.0 Å². The van der Waals surface area contributed by atoms with Crippen molar-refractivity contribution in [1.82, 2.24) is 10.3 Å². The van der Waals surface area contributed by atoms with E-state index in [0.29, 0.717) is 6.54 Å². The third-order valence-electron chi connectivity index (χ3n) is 2.53. The highest BCUT2D eigenvalue weighted by atomic mass is 16.3. The highest BCUT2D eigenvalue weighted by Gasteiger charge is 2.20. The Morgan fingerprint density at radius 1 is 1.56 bits per heavy atom. The summed E-state index contributed by atoms with van der Waals surface area (Å²) in [4.78, 5) is 15.7. The Morgan fingerprint density at radius 2 is 2.31 bits per heavy atom. The van der Waals surface area contributed by atoms with Crippen LogP contribution in [-0.4, -0.2) is 22.6 Å². The van der Waals surface area contributed by atoms with Crippen molar-refractivity contribution in [3.63, 3.8) is 0 Å². The van der Waals surface area contributed by atoms with Gasteiger partial charge < -0.3 is 10.4 Å². The van der Waals surface area contributed by atoms with Gasteiger partial charge in [-0.05, 0) is 17.5 Å². The van der Waals surface area contributed by atoms with E-state index >= 15 is 0 Å². The molecule has 1 rings (SSSR count). The molecule has 16 heavy (non-hydrogen) atoms. The number of nitrogens with one attached hydrogen (secondary N) is 1. The molecule has 2 N–H and O–H groups in total. The number of nitrogens with zero attached hydrogens (tertiary/aromatic N) is 1. The minimum Gasteiger partial charge on any atom is -0.396 e. The van der Waals surface area contributed by atoms with Crippen LogP contribution in [0.1, 0.15) is 19.4 Å². The van der Waals surface area contributed by atoms with Crippen molar-refractivity contribution in [2.45, 2.75) is 20.4 Å². The van der Waals surface area contributed by atoms with Crippen LogP contribution < -0.4 is 5.32 Å². The molecule has 0 aromatic carbocycles. The van der Waals surface area contributed by atoms with Gasteiger partial charge in [0.15, 0.2) is 0 Å². The van der Waals surface area contributed by atoms with E-state index in [1.54, 1.807) is 12.4 Å². The topological polar surface area (TPSA) is 62.2 Å². The van der Waals surface area contributed by atoms with Crippen LogP contribution >= 0.6 is 0 Å². The second-order valence-corrected chi connectivity index (χ2v) is 4.11. The summed E-state index contributed by atoms with van der Waals surface area (Å²) in [5.74, 6) is -0.308. The monoisotopic (exact) mass is 222 g/mol. The predicted octanol–water partition coefficient (Wildman–Crippen LogP) is 0.962. The van der Waals surface area contributed by atoms with Gasteiger partial charge in [0, 0.05) is 18.9 Å². The molecule has 0 aliphatic heterocycles. The molecule has 4 heteroatoms. The molecule has 88 valence electrons. The zero-order valence-corrected chi connectivity index (χ0v) is 9.68. The van der Waals surface area contributed by atoms with E-state index < -0.39 is 0 Å². The van der Waals surface area contributed by atoms with Crippen LogP contribution in [0.2, 0.25) is 0 Å². The minimum atomic E-state index is -0.336. The van der Waals surface area contributed by atoms with Gasteiger partial charge in [0.2, 0.25) is 5.91 Å². The van der Waals surface area contributed by atoms with E-state index in [9.17, 15) is 4.79 Å². The number of aromatic nitrogens is 1. The maximum absolute atomic E-state index is 11.7. The first kappa shape index (κ1) is 12.6. The van der Waals surface area contributed by atoms with Gasteiger partial charge in [-0.15, -0.1) is 0 Å². The fourth-order valence-corrected chi connectivity index (χ4v) is 1.42. The Kier molecular flexibility index (Phi) is 4.92. The van der Waals surface area contributed by atoms with E-state index in [2.05, 4.69) is 10.3 Å². The van der Waals surface area contributed by atoms with Gasteiger partial charge in [-0.2, -0.15) is 0 Å². The molecule has 4 nitrogen and oxygen atoms in total. The number of pyridine rings is 1. The number of aliphatic hydroxyl groups is 1. The number of carbonyl (C=O) groups excluding carboxylic acids is 1. The molecule has 0 radical (unpaired) electrons. The molecular weight excluding hydrogens is 204 g/mol. The second-order valence-electron chi connectivity index (χ2n) is 4.11. The molecule has 1 unspecified atom stereocenters. The Hall–Kier alpha value is -1.42. The molecule has 0 saturated carbocycles. The first-order valence-electron chi connectivity index (χ1n) is 5.42. The van der Waals surface area contributed by atoms with Crippen LogP contribution in [0.15, 0.2) is 24.5 Å². The van der Waals surface area contributed by atoms with E-state index in [4.69, 9.17) is 5.11 Å². The predicted molar refractivity (Wildman–Crippen MR) is 61.5 cm³/mol. The Bertz CT molecular complexity index is 325. The van der Waals surface area contributed by atoms with Crippen LogP contribution in [0.25, 0.3) is 0 Å². The quantitative estimate of drug-likeness (QED) is 0.780. The van der Waals surface area contributed by atoms with Crippen LogP contribution in [0.4, 0.5) is 0 Å². The molecule has 0 fully saturated rings. The third kappa shape index (κ3) is 3.62. The molecule has 0 aliphatic carbocycles. The van der Waals surface area contributed by atoms with Gasteiger partial charge in [0.1, 0.15) is 0 Å². The lowest BCUT2D eigenvalue weighted by molar-refractivity contribution is -0.127. The molecule has 0 bridgehead atoms. The van der Waals surface area contributed by atoms with Crippen molar-refractivity contribution in [2.24, 2.45) is 11.8 Å². The van der Waals surface area contributed by atoms with Crippen LogP contribution in [-0.2, 0) is 11.3 Å². The molecule has 0 saturated heterocycles. The molecule has 1 atom stereocenters.